The highest BCUT2D eigenvalue weighted by molar-refractivity contribution is 5.27. The first-order valence-corrected chi connectivity index (χ1v) is 6.86. The van der Waals surface area contributed by atoms with Gasteiger partial charge in [-0.3, -0.25) is 4.90 Å². The van der Waals surface area contributed by atoms with Crippen LogP contribution < -0.4 is 5.73 Å². The van der Waals surface area contributed by atoms with Crippen LogP contribution in [0.4, 0.5) is 0 Å². The van der Waals surface area contributed by atoms with E-state index < -0.39 is 0 Å². The Morgan fingerprint density at radius 3 is 2.53 bits per heavy atom. The van der Waals surface area contributed by atoms with Crippen LogP contribution >= 0.6 is 0 Å². The number of rotatable bonds is 7. The molecule has 0 spiro atoms. The second kappa shape index (κ2) is 6.18. The molecule has 1 aromatic rings. The first-order valence-electron chi connectivity index (χ1n) is 6.86. The summed E-state index contributed by atoms with van der Waals surface area (Å²) in [6.07, 6.45) is 5.35. The van der Waals surface area contributed by atoms with Crippen molar-refractivity contribution < 1.29 is 0 Å². The van der Waals surface area contributed by atoms with Gasteiger partial charge in [-0.1, -0.05) is 37.6 Å². The fourth-order valence-corrected chi connectivity index (χ4v) is 2.32. The molecule has 0 aromatic heterocycles. The van der Waals surface area contributed by atoms with E-state index in [1.807, 2.05) is 0 Å². The topological polar surface area (TPSA) is 29.3 Å². The lowest BCUT2D eigenvalue weighted by molar-refractivity contribution is 0.250. The van der Waals surface area contributed by atoms with Crippen LogP contribution in [0.1, 0.15) is 43.7 Å². The summed E-state index contributed by atoms with van der Waals surface area (Å²) >= 11 is 0. The van der Waals surface area contributed by atoms with Crippen LogP contribution in [0.25, 0.3) is 0 Å². The van der Waals surface area contributed by atoms with E-state index in [1.165, 1.54) is 43.4 Å². The molecule has 0 amide bonds. The number of hydrogen-bond donors (Lipinski definition) is 1. The molecule has 2 heteroatoms. The van der Waals surface area contributed by atoms with Crippen molar-refractivity contribution in [1.82, 2.24) is 4.90 Å². The summed E-state index contributed by atoms with van der Waals surface area (Å²) < 4.78 is 0. The third kappa shape index (κ3) is 3.55. The molecule has 1 aromatic carbocycles. The van der Waals surface area contributed by atoms with Gasteiger partial charge in [0.15, 0.2) is 0 Å². The molecule has 1 aliphatic rings. The van der Waals surface area contributed by atoms with E-state index in [2.05, 4.69) is 36.1 Å². The number of nitrogens with two attached hydrogens (primary N) is 1. The molecule has 94 valence electrons. The van der Waals surface area contributed by atoms with Crippen molar-refractivity contribution in [2.45, 2.75) is 51.7 Å². The minimum atomic E-state index is 0.655. The second-order valence-electron chi connectivity index (χ2n) is 5.03. The molecule has 2 N–H and O–H groups in total. The van der Waals surface area contributed by atoms with Crippen LogP contribution in [-0.2, 0) is 13.1 Å². The molecule has 0 heterocycles. The Balaban J connectivity index is 2.00. The van der Waals surface area contributed by atoms with Gasteiger partial charge in [0.1, 0.15) is 0 Å². The first kappa shape index (κ1) is 12.6. The predicted octanol–water partition coefficient (Wildman–Crippen LogP) is 2.91. The molecule has 2 nitrogen and oxygen atoms in total. The number of benzene rings is 1. The van der Waals surface area contributed by atoms with Crippen molar-refractivity contribution in [2.75, 3.05) is 6.54 Å². The zero-order valence-corrected chi connectivity index (χ0v) is 10.9. The summed E-state index contributed by atoms with van der Waals surface area (Å²) in [6.45, 7) is 5.24. The Labute approximate surface area is 105 Å². The normalized spacial score (nSPS) is 15.5. The quantitative estimate of drug-likeness (QED) is 0.783. The van der Waals surface area contributed by atoms with Crippen LogP contribution in [0, 0.1) is 0 Å². The highest BCUT2D eigenvalue weighted by atomic mass is 15.2. The van der Waals surface area contributed by atoms with Crippen LogP contribution in [-0.4, -0.2) is 17.5 Å². The Hall–Kier alpha value is -0.860. The van der Waals surface area contributed by atoms with E-state index in [-0.39, 0.29) is 0 Å². The molecule has 0 bridgehead atoms. The lowest BCUT2D eigenvalue weighted by Gasteiger charge is -2.23. The smallest absolute Gasteiger partial charge is 0.0239 e. The minimum Gasteiger partial charge on any atom is -0.326 e. The van der Waals surface area contributed by atoms with Crippen molar-refractivity contribution in [2.24, 2.45) is 5.73 Å². The molecule has 1 saturated carbocycles. The SMILES string of the molecule is CCCCN(Cc1ccccc1CN)C1CC1. The van der Waals surface area contributed by atoms with Gasteiger partial charge in [-0.2, -0.15) is 0 Å². The molecule has 17 heavy (non-hydrogen) atoms. The van der Waals surface area contributed by atoms with Gasteiger partial charge < -0.3 is 5.73 Å². The summed E-state index contributed by atoms with van der Waals surface area (Å²) in [4.78, 5) is 2.64. The predicted molar refractivity (Wildman–Crippen MR) is 72.7 cm³/mol. The number of unbranched alkanes of at least 4 members (excludes halogenated alkanes) is 1. The summed E-state index contributed by atoms with van der Waals surface area (Å²) in [5.74, 6) is 0. The van der Waals surface area contributed by atoms with Gasteiger partial charge in [-0.15, -0.1) is 0 Å². The van der Waals surface area contributed by atoms with Crippen molar-refractivity contribution in [3.63, 3.8) is 0 Å². The molecule has 0 aliphatic heterocycles. The average molecular weight is 232 g/mol. The lowest BCUT2D eigenvalue weighted by Crippen LogP contribution is -2.27. The highest BCUT2D eigenvalue weighted by Gasteiger charge is 2.28. The highest BCUT2D eigenvalue weighted by Crippen LogP contribution is 2.29. The van der Waals surface area contributed by atoms with Crippen LogP contribution in [0.3, 0.4) is 0 Å². The van der Waals surface area contributed by atoms with Crippen molar-refractivity contribution >= 4 is 0 Å². The molecule has 1 aliphatic carbocycles. The largest absolute Gasteiger partial charge is 0.326 e. The van der Waals surface area contributed by atoms with Crippen molar-refractivity contribution in [1.29, 1.82) is 0 Å². The van der Waals surface area contributed by atoms with Crippen molar-refractivity contribution in [3.8, 4) is 0 Å². The molecule has 1 fully saturated rings. The summed E-state index contributed by atoms with van der Waals surface area (Å²) in [7, 11) is 0. The van der Waals surface area contributed by atoms with Gasteiger partial charge in [0, 0.05) is 19.1 Å². The molecular formula is C15H24N2. The molecule has 0 saturated heterocycles. The van der Waals surface area contributed by atoms with E-state index in [0.717, 1.165) is 12.6 Å². The van der Waals surface area contributed by atoms with Crippen molar-refractivity contribution in [3.05, 3.63) is 35.4 Å². The maximum Gasteiger partial charge on any atom is 0.0239 e. The maximum atomic E-state index is 5.80. The summed E-state index contributed by atoms with van der Waals surface area (Å²) in [5.41, 5.74) is 8.52. The van der Waals surface area contributed by atoms with Gasteiger partial charge in [0.25, 0.3) is 0 Å². The lowest BCUT2D eigenvalue weighted by atomic mass is 10.1. The van der Waals surface area contributed by atoms with Gasteiger partial charge in [-0.05, 0) is 36.9 Å². The zero-order valence-electron chi connectivity index (χ0n) is 10.9. The number of hydrogen-bond acceptors (Lipinski definition) is 2. The Kier molecular flexibility index (Phi) is 4.57. The van der Waals surface area contributed by atoms with E-state index in [0.29, 0.717) is 6.54 Å². The fraction of sp³-hybridized carbons (Fsp3) is 0.600. The second-order valence-corrected chi connectivity index (χ2v) is 5.03. The third-order valence-electron chi connectivity index (χ3n) is 3.57. The Morgan fingerprint density at radius 1 is 1.24 bits per heavy atom. The molecule has 0 radical (unpaired) electrons. The molecule has 0 unspecified atom stereocenters. The Morgan fingerprint density at radius 2 is 1.94 bits per heavy atom. The summed E-state index contributed by atoms with van der Waals surface area (Å²) in [5, 5.41) is 0. The van der Waals surface area contributed by atoms with Gasteiger partial charge in [0.05, 0.1) is 0 Å². The summed E-state index contributed by atoms with van der Waals surface area (Å²) in [6, 6.07) is 9.43. The van der Waals surface area contributed by atoms with E-state index in [9.17, 15) is 0 Å². The van der Waals surface area contributed by atoms with E-state index in [1.54, 1.807) is 0 Å². The van der Waals surface area contributed by atoms with Crippen LogP contribution in [0.2, 0.25) is 0 Å². The first-order chi connectivity index (χ1) is 8.35. The van der Waals surface area contributed by atoms with Crippen LogP contribution in [0.15, 0.2) is 24.3 Å². The maximum absolute atomic E-state index is 5.80. The minimum absolute atomic E-state index is 0.655. The molecular weight excluding hydrogens is 208 g/mol. The third-order valence-corrected chi connectivity index (χ3v) is 3.57. The standard InChI is InChI=1S/C15H24N2/c1-2-3-10-17(15-8-9-15)12-14-7-5-4-6-13(14)11-16/h4-7,15H,2-3,8-12,16H2,1H3. The van der Waals surface area contributed by atoms with Gasteiger partial charge in [0.2, 0.25) is 0 Å². The fourth-order valence-electron chi connectivity index (χ4n) is 2.32. The molecule has 0 atom stereocenters. The van der Waals surface area contributed by atoms with Gasteiger partial charge >= 0.3 is 0 Å². The molecule has 2 rings (SSSR count). The Bertz CT molecular complexity index is 345. The average Bonchev–Trinajstić information content (AvgIpc) is 3.19. The van der Waals surface area contributed by atoms with Crippen LogP contribution in [0.5, 0.6) is 0 Å². The van der Waals surface area contributed by atoms with E-state index >= 15 is 0 Å². The monoisotopic (exact) mass is 232 g/mol. The zero-order chi connectivity index (χ0) is 12.1. The van der Waals surface area contributed by atoms with Gasteiger partial charge in [-0.25, -0.2) is 0 Å². The van der Waals surface area contributed by atoms with E-state index in [4.69, 9.17) is 5.73 Å². The number of nitrogens with zero attached hydrogens (tertiary/aromatic N) is 1.